The molecule has 0 aliphatic rings. The maximum Gasteiger partial charge on any atom is 0.0863 e. The van der Waals surface area contributed by atoms with Crippen LogP contribution < -0.4 is 5.73 Å². The van der Waals surface area contributed by atoms with E-state index in [9.17, 15) is 0 Å². The van der Waals surface area contributed by atoms with Crippen LogP contribution in [0.3, 0.4) is 0 Å². The highest BCUT2D eigenvalue weighted by Gasteiger charge is 2.16. The van der Waals surface area contributed by atoms with Gasteiger partial charge in [-0.05, 0) is 12.3 Å². The summed E-state index contributed by atoms with van der Waals surface area (Å²) in [6.45, 7) is 9.91. The average Bonchev–Trinajstić information content (AvgIpc) is 2.56. The quantitative estimate of drug-likeness (QED) is 0.826. The summed E-state index contributed by atoms with van der Waals surface area (Å²) in [5, 5.41) is 5.26. The molecule has 1 heterocycles. The van der Waals surface area contributed by atoms with Crippen LogP contribution in [0.1, 0.15) is 32.2 Å². The zero-order chi connectivity index (χ0) is 13.7. The highest BCUT2D eigenvalue weighted by molar-refractivity contribution is 6.31. The summed E-state index contributed by atoms with van der Waals surface area (Å²) in [5.41, 5.74) is 7.73. The lowest BCUT2D eigenvalue weighted by molar-refractivity contribution is 0.237. The summed E-state index contributed by atoms with van der Waals surface area (Å²) in [6, 6.07) is 0. The predicted molar refractivity (Wildman–Crippen MR) is 76.8 cm³/mol. The van der Waals surface area contributed by atoms with E-state index in [2.05, 4.69) is 30.8 Å². The van der Waals surface area contributed by atoms with Gasteiger partial charge < -0.3 is 5.73 Å². The summed E-state index contributed by atoms with van der Waals surface area (Å²) in [4.78, 5) is 2.34. The number of hydrogen-bond donors (Lipinski definition) is 1. The number of nitrogens with zero attached hydrogens (tertiary/aromatic N) is 3. The van der Waals surface area contributed by atoms with E-state index in [1.165, 1.54) is 0 Å². The van der Waals surface area contributed by atoms with E-state index in [4.69, 9.17) is 17.3 Å². The standard InChI is InChI=1S/C13H25ClN4/c1-5-11-13(14)12(17(4)16-11)9-18(7-6-15)8-10(2)3/h10H,5-9,15H2,1-4H3. The number of aromatic nitrogens is 2. The third-order valence-corrected chi connectivity index (χ3v) is 3.38. The molecule has 0 aromatic carbocycles. The lowest BCUT2D eigenvalue weighted by Crippen LogP contribution is -2.33. The molecular formula is C13H25ClN4. The Kier molecular flexibility index (Phi) is 6.12. The van der Waals surface area contributed by atoms with E-state index >= 15 is 0 Å². The van der Waals surface area contributed by atoms with Gasteiger partial charge in [0.2, 0.25) is 0 Å². The normalized spacial score (nSPS) is 11.8. The number of halogens is 1. The van der Waals surface area contributed by atoms with Crippen molar-refractivity contribution in [3.05, 3.63) is 16.4 Å². The van der Waals surface area contributed by atoms with Crippen molar-refractivity contribution in [3.8, 4) is 0 Å². The Morgan fingerprint density at radius 1 is 1.44 bits per heavy atom. The molecule has 0 aliphatic heterocycles. The Balaban J connectivity index is 2.82. The molecule has 0 bridgehead atoms. The van der Waals surface area contributed by atoms with Crippen molar-refractivity contribution < 1.29 is 0 Å². The summed E-state index contributed by atoms with van der Waals surface area (Å²) < 4.78 is 1.89. The Morgan fingerprint density at radius 2 is 2.11 bits per heavy atom. The first kappa shape index (κ1) is 15.5. The summed E-state index contributed by atoms with van der Waals surface area (Å²) in [6.07, 6.45) is 0.869. The van der Waals surface area contributed by atoms with Gasteiger partial charge in [-0.15, -0.1) is 0 Å². The highest BCUT2D eigenvalue weighted by Crippen LogP contribution is 2.22. The SMILES string of the molecule is CCc1nn(C)c(CN(CCN)CC(C)C)c1Cl. The summed E-state index contributed by atoms with van der Waals surface area (Å²) >= 11 is 6.37. The minimum atomic E-state index is 0.620. The van der Waals surface area contributed by atoms with E-state index < -0.39 is 0 Å². The highest BCUT2D eigenvalue weighted by atomic mass is 35.5. The van der Waals surface area contributed by atoms with Gasteiger partial charge >= 0.3 is 0 Å². The Bertz CT molecular complexity index is 373. The smallest absolute Gasteiger partial charge is 0.0863 e. The molecule has 5 heteroatoms. The molecule has 0 fully saturated rings. The molecule has 2 N–H and O–H groups in total. The van der Waals surface area contributed by atoms with E-state index in [-0.39, 0.29) is 0 Å². The van der Waals surface area contributed by atoms with Crippen molar-refractivity contribution in [3.63, 3.8) is 0 Å². The second-order valence-corrected chi connectivity index (χ2v) is 5.48. The molecule has 1 aromatic rings. The molecule has 1 rings (SSSR count). The summed E-state index contributed by atoms with van der Waals surface area (Å²) in [5.74, 6) is 0.620. The second-order valence-electron chi connectivity index (χ2n) is 5.10. The lowest BCUT2D eigenvalue weighted by Gasteiger charge is -2.23. The Hall–Kier alpha value is -0.580. The predicted octanol–water partition coefficient (Wildman–Crippen LogP) is 2.05. The third kappa shape index (κ3) is 3.97. The van der Waals surface area contributed by atoms with Crippen LogP contribution in [0.5, 0.6) is 0 Å². The first-order valence-corrected chi connectivity index (χ1v) is 7.00. The molecule has 0 saturated carbocycles. The van der Waals surface area contributed by atoms with Crippen LogP contribution in [0.2, 0.25) is 5.02 Å². The van der Waals surface area contributed by atoms with E-state index in [1.807, 2.05) is 11.7 Å². The Morgan fingerprint density at radius 3 is 2.56 bits per heavy atom. The monoisotopic (exact) mass is 272 g/mol. The van der Waals surface area contributed by atoms with Gasteiger partial charge in [0.15, 0.2) is 0 Å². The van der Waals surface area contributed by atoms with Crippen molar-refractivity contribution in [2.24, 2.45) is 18.7 Å². The second kappa shape index (κ2) is 7.12. The van der Waals surface area contributed by atoms with Gasteiger partial charge in [-0.25, -0.2) is 0 Å². The molecule has 1 aromatic heterocycles. The molecule has 0 radical (unpaired) electrons. The molecule has 0 saturated heterocycles. The van der Waals surface area contributed by atoms with Gasteiger partial charge in [0.25, 0.3) is 0 Å². The zero-order valence-electron chi connectivity index (χ0n) is 11.9. The van der Waals surface area contributed by atoms with Gasteiger partial charge in [0.1, 0.15) is 0 Å². The molecule has 0 amide bonds. The number of aryl methyl sites for hydroxylation is 2. The van der Waals surface area contributed by atoms with Crippen LogP contribution >= 0.6 is 11.6 Å². The zero-order valence-corrected chi connectivity index (χ0v) is 12.7. The van der Waals surface area contributed by atoms with Crippen molar-refractivity contribution in [2.75, 3.05) is 19.6 Å². The largest absolute Gasteiger partial charge is 0.329 e. The van der Waals surface area contributed by atoms with Crippen molar-refractivity contribution in [1.82, 2.24) is 14.7 Å². The molecular weight excluding hydrogens is 248 g/mol. The number of nitrogens with two attached hydrogens (primary N) is 1. The fourth-order valence-corrected chi connectivity index (χ4v) is 2.49. The average molecular weight is 273 g/mol. The minimum Gasteiger partial charge on any atom is -0.329 e. The van der Waals surface area contributed by atoms with Crippen molar-refractivity contribution >= 4 is 11.6 Å². The van der Waals surface area contributed by atoms with Gasteiger partial charge in [-0.2, -0.15) is 5.10 Å². The van der Waals surface area contributed by atoms with E-state index in [1.54, 1.807) is 0 Å². The van der Waals surface area contributed by atoms with E-state index in [0.717, 1.165) is 42.5 Å². The minimum absolute atomic E-state index is 0.620. The van der Waals surface area contributed by atoms with Crippen molar-refractivity contribution in [2.45, 2.75) is 33.7 Å². The van der Waals surface area contributed by atoms with Crippen molar-refractivity contribution in [1.29, 1.82) is 0 Å². The van der Waals surface area contributed by atoms with Crippen LogP contribution in [-0.2, 0) is 20.0 Å². The van der Waals surface area contributed by atoms with Gasteiger partial charge in [0, 0.05) is 33.2 Å². The lowest BCUT2D eigenvalue weighted by atomic mass is 10.2. The van der Waals surface area contributed by atoms with Crippen LogP contribution in [0.15, 0.2) is 0 Å². The third-order valence-electron chi connectivity index (χ3n) is 2.95. The van der Waals surface area contributed by atoms with E-state index in [0.29, 0.717) is 12.5 Å². The van der Waals surface area contributed by atoms with Crippen LogP contribution in [0, 0.1) is 5.92 Å². The number of hydrogen-bond acceptors (Lipinski definition) is 3. The fourth-order valence-electron chi connectivity index (χ4n) is 2.14. The van der Waals surface area contributed by atoms with Crippen LogP contribution in [-0.4, -0.2) is 34.3 Å². The van der Waals surface area contributed by atoms with Gasteiger partial charge in [-0.3, -0.25) is 9.58 Å². The maximum atomic E-state index is 6.37. The molecule has 4 nitrogen and oxygen atoms in total. The molecule has 0 atom stereocenters. The fraction of sp³-hybridized carbons (Fsp3) is 0.769. The maximum absolute atomic E-state index is 6.37. The summed E-state index contributed by atoms with van der Waals surface area (Å²) in [7, 11) is 1.95. The van der Waals surface area contributed by atoms with Crippen LogP contribution in [0.4, 0.5) is 0 Å². The first-order chi connectivity index (χ1) is 8.49. The number of rotatable bonds is 7. The topological polar surface area (TPSA) is 47.1 Å². The van der Waals surface area contributed by atoms with Gasteiger partial charge in [0.05, 0.1) is 16.4 Å². The molecule has 104 valence electrons. The molecule has 0 spiro atoms. The van der Waals surface area contributed by atoms with Crippen LogP contribution in [0.25, 0.3) is 0 Å². The molecule has 18 heavy (non-hydrogen) atoms. The van der Waals surface area contributed by atoms with Gasteiger partial charge in [-0.1, -0.05) is 32.4 Å². The first-order valence-electron chi connectivity index (χ1n) is 6.62. The Labute approximate surface area is 115 Å². The molecule has 0 aliphatic carbocycles. The molecule has 0 unspecified atom stereocenters.